The number of nitrogens with two attached hydrogens (primary N) is 1. The molecule has 5 heteroatoms. The van der Waals surface area contributed by atoms with Crippen LogP contribution >= 0.6 is 0 Å². The first-order valence-corrected chi connectivity index (χ1v) is 6.92. The van der Waals surface area contributed by atoms with Gasteiger partial charge in [-0.15, -0.1) is 0 Å². The molecule has 0 spiro atoms. The van der Waals surface area contributed by atoms with Gasteiger partial charge in [0, 0.05) is 0 Å². The molecule has 2 nitrogen and oxygen atoms in total. The van der Waals surface area contributed by atoms with E-state index in [0.29, 0.717) is 5.56 Å². The molecule has 2 rings (SSSR count). The summed E-state index contributed by atoms with van der Waals surface area (Å²) in [6.45, 7) is 3.87. The summed E-state index contributed by atoms with van der Waals surface area (Å²) in [5.41, 5.74) is 3.73. The summed E-state index contributed by atoms with van der Waals surface area (Å²) in [5, 5.41) is 0. The van der Waals surface area contributed by atoms with E-state index in [-0.39, 0.29) is 11.5 Å². The second kappa shape index (κ2) is 5.37. The van der Waals surface area contributed by atoms with Gasteiger partial charge in [0.05, 0.1) is 11.6 Å². The Labute approximate surface area is 117 Å². The zero-order valence-corrected chi connectivity index (χ0v) is 11.8. The standard InChI is InChI=1S/C15H21F3N2/c1-10-9-11(15(16,17)18)5-6-12(10)13(20-19)14(2)7-3-4-8-14/h5-6,9,13,20H,3-4,7-8,19H2,1-2H3. The second-order valence-corrected chi connectivity index (χ2v) is 6.03. The predicted octanol–water partition coefficient (Wildman–Crippen LogP) is 4.10. The van der Waals surface area contributed by atoms with Crippen LogP contribution in [0.15, 0.2) is 18.2 Å². The topological polar surface area (TPSA) is 38.0 Å². The first kappa shape index (κ1) is 15.3. The molecule has 1 aliphatic carbocycles. The van der Waals surface area contributed by atoms with Crippen molar-refractivity contribution >= 4 is 0 Å². The van der Waals surface area contributed by atoms with Gasteiger partial charge in [-0.25, -0.2) is 0 Å². The van der Waals surface area contributed by atoms with E-state index in [1.165, 1.54) is 6.07 Å². The summed E-state index contributed by atoms with van der Waals surface area (Å²) < 4.78 is 38.2. The van der Waals surface area contributed by atoms with Gasteiger partial charge in [0.25, 0.3) is 0 Å². The van der Waals surface area contributed by atoms with Crippen LogP contribution in [0.2, 0.25) is 0 Å². The molecule has 1 aromatic carbocycles. The van der Waals surface area contributed by atoms with Crippen molar-refractivity contribution in [3.05, 3.63) is 34.9 Å². The van der Waals surface area contributed by atoms with Crippen molar-refractivity contribution in [1.29, 1.82) is 0 Å². The molecule has 3 N–H and O–H groups in total. The molecule has 1 unspecified atom stereocenters. The minimum absolute atomic E-state index is 0.0132. The van der Waals surface area contributed by atoms with Crippen LogP contribution in [0.25, 0.3) is 0 Å². The predicted molar refractivity (Wildman–Crippen MR) is 72.8 cm³/mol. The minimum Gasteiger partial charge on any atom is -0.271 e. The summed E-state index contributed by atoms with van der Waals surface area (Å²) in [4.78, 5) is 0. The van der Waals surface area contributed by atoms with E-state index in [2.05, 4.69) is 12.3 Å². The van der Waals surface area contributed by atoms with E-state index in [1.807, 2.05) is 0 Å². The van der Waals surface area contributed by atoms with Crippen LogP contribution < -0.4 is 11.3 Å². The molecule has 1 aromatic rings. The van der Waals surface area contributed by atoms with E-state index in [1.54, 1.807) is 13.0 Å². The maximum atomic E-state index is 12.7. The molecule has 112 valence electrons. The Morgan fingerprint density at radius 1 is 1.25 bits per heavy atom. The summed E-state index contributed by atoms with van der Waals surface area (Å²) in [7, 11) is 0. The molecule has 0 aromatic heterocycles. The lowest BCUT2D eigenvalue weighted by atomic mass is 9.76. The lowest BCUT2D eigenvalue weighted by Crippen LogP contribution is -2.39. The number of nitrogens with one attached hydrogen (secondary N) is 1. The molecule has 0 saturated heterocycles. The van der Waals surface area contributed by atoms with Crippen LogP contribution in [0.1, 0.15) is 55.3 Å². The first-order chi connectivity index (χ1) is 9.28. The van der Waals surface area contributed by atoms with Gasteiger partial charge in [0.2, 0.25) is 0 Å². The molecule has 1 saturated carbocycles. The molecule has 20 heavy (non-hydrogen) atoms. The third-order valence-corrected chi connectivity index (χ3v) is 4.52. The van der Waals surface area contributed by atoms with E-state index in [4.69, 9.17) is 5.84 Å². The van der Waals surface area contributed by atoms with Gasteiger partial charge in [-0.3, -0.25) is 11.3 Å². The van der Waals surface area contributed by atoms with Crippen LogP contribution in [0.5, 0.6) is 0 Å². The highest BCUT2D eigenvalue weighted by Crippen LogP contribution is 2.47. The zero-order chi connectivity index (χ0) is 15.0. The number of hydrogen-bond donors (Lipinski definition) is 2. The van der Waals surface area contributed by atoms with Crippen molar-refractivity contribution in [2.75, 3.05) is 0 Å². The van der Waals surface area contributed by atoms with Crippen LogP contribution in [0, 0.1) is 12.3 Å². The Bertz CT molecular complexity index is 476. The number of alkyl halides is 3. The monoisotopic (exact) mass is 286 g/mol. The van der Waals surface area contributed by atoms with Crippen LogP contribution in [-0.2, 0) is 6.18 Å². The average molecular weight is 286 g/mol. The Hall–Kier alpha value is -1.07. The molecule has 0 aliphatic heterocycles. The summed E-state index contributed by atoms with van der Waals surface area (Å²) in [6, 6.07) is 3.81. The maximum Gasteiger partial charge on any atom is 0.416 e. The maximum absolute atomic E-state index is 12.7. The third-order valence-electron chi connectivity index (χ3n) is 4.52. The lowest BCUT2D eigenvalue weighted by molar-refractivity contribution is -0.137. The fourth-order valence-corrected chi connectivity index (χ4v) is 3.31. The zero-order valence-electron chi connectivity index (χ0n) is 11.8. The Morgan fingerprint density at radius 2 is 1.85 bits per heavy atom. The van der Waals surface area contributed by atoms with E-state index in [9.17, 15) is 13.2 Å². The van der Waals surface area contributed by atoms with Gasteiger partial charge in [0.1, 0.15) is 0 Å². The molecule has 0 bridgehead atoms. The van der Waals surface area contributed by atoms with Crippen molar-refractivity contribution in [3.63, 3.8) is 0 Å². The molecule has 1 fully saturated rings. The smallest absolute Gasteiger partial charge is 0.271 e. The number of benzene rings is 1. The summed E-state index contributed by atoms with van der Waals surface area (Å²) in [6.07, 6.45) is 0.0829. The van der Waals surface area contributed by atoms with Crippen molar-refractivity contribution in [2.24, 2.45) is 11.3 Å². The summed E-state index contributed by atoms with van der Waals surface area (Å²) in [5.74, 6) is 5.69. The lowest BCUT2D eigenvalue weighted by Gasteiger charge is -2.35. The van der Waals surface area contributed by atoms with Gasteiger partial charge in [0.15, 0.2) is 0 Å². The fourth-order valence-electron chi connectivity index (χ4n) is 3.31. The number of hydrazine groups is 1. The van der Waals surface area contributed by atoms with E-state index in [0.717, 1.165) is 37.3 Å². The van der Waals surface area contributed by atoms with Gasteiger partial charge in [-0.1, -0.05) is 25.8 Å². The summed E-state index contributed by atoms with van der Waals surface area (Å²) >= 11 is 0. The second-order valence-electron chi connectivity index (χ2n) is 6.03. The van der Waals surface area contributed by atoms with Crippen LogP contribution in [0.4, 0.5) is 13.2 Å². The van der Waals surface area contributed by atoms with Crippen molar-refractivity contribution in [1.82, 2.24) is 5.43 Å². The number of aryl methyl sites for hydroxylation is 1. The fraction of sp³-hybridized carbons (Fsp3) is 0.600. The van der Waals surface area contributed by atoms with Crippen LogP contribution in [0.3, 0.4) is 0 Å². The SMILES string of the molecule is Cc1cc(C(F)(F)F)ccc1C(NN)C1(C)CCCC1. The molecule has 0 radical (unpaired) electrons. The van der Waals surface area contributed by atoms with Crippen LogP contribution in [-0.4, -0.2) is 0 Å². The quantitative estimate of drug-likeness (QED) is 0.648. The Morgan fingerprint density at radius 3 is 2.30 bits per heavy atom. The van der Waals surface area contributed by atoms with E-state index >= 15 is 0 Å². The average Bonchev–Trinajstić information content (AvgIpc) is 2.78. The number of hydrogen-bond acceptors (Lipinski definition) is 2. The van der Waals surface area contributed by atoms with Gasteiger partial charge < -0.3 is 0 Å². The minimum atomic E-state index is -4.30. The van der Waals surface area contributed by atoms with E-state index < -0.39 is 11.7 Å². The van der Waals surface area contributed by atoms with Gasteiger partial charge >= 0.3 is 6.18 Å². The molecule has 1 atom stereocenters. The van der Waals surface area contributed by atoms with Gasteiger partial charge in [-0.05, 0) is 48.4 Å². The van der Waals surface area contributed by atoms with Gasteiger partial charge in [-0.2, -0.15) is 13.2 Å². The number of halogens is 3. The molecule has 0 heterocycles. The third kappa shape index (κ3) is 2.83. The molecular weight excluding hydrogens is 265 g/mol. The molecule has 0 amide bonds. The Balaban J connectivity index is 2.36. The highest BCUT2D eigenvalue weighted by molar-refractivity contribution is 5.35. The Kier molecular flexibility index (Phi) is 4.12. The van der Waals surface area contributed by atoms with Crippen molar-refractivity contribution < 1.29 is 13.2 Å². The first-order valence-electron chi connectivity index (χ1n) is 6.92. The van der Waals surface area contributed by atoms with Crippen molar-refractivity contribution in [2.45, 2.75) is 51.7 Å². The molecular formula is C15H21F3N2. The highest BCUT2D eigenvalue weighted by Gasteiger charge is 2.38. The highest BCUT2D eigenvalue weighted by atomic mass is 19.4. The van der Waals surface area contributed by atoms with Crippen molar-refractivity contribution in [3.8, 4) is 0 Å². The number of rotatable bonds is 3. The normalized spacial score (nSPS) is 20.1. The largest absolute Gasteiger partial charge is 0.416 e. The molecule has 1 aliphatic rings.